The van der Waals surface area contributed by atoms with Crippen molar-refractivity contribution in [3.05, 3.63) is 0 Å². The van der Waals surface area contributed by atoms with Crippen molar-refractivity contribution in [2.45, 2.75) is 77.6 Å². The number of unbranched alkanes of at least 4 members (excludes halogenated alkanes) is 9. The molecule has 0 N–H and O–H groups in total. The summed E-state index contributed by atoms with van der Waals surface area (Å²) in [5.41, 5.74) is 0. The molecular formula is C17H37ClIN. The largest absolute Gasteiger partial charge is 1.00 e. The molecule has 0 bridgehead atoms. The molecule has 0 heterocycles. The molecule has 3 heteroatoms. The van der Waals surface area contributed by atoms with Gasteiger partial charge in [-0.1, -0.05) is 51.9 Å². The lowest BCUT2D eigenvalue weighted by atomic mass is 10.1. The SMILES string of the molecule is CCCCCCCCCCC[N+](C)(C)CCCCCl.[I-]. The Bertz CT molecular complexity index is 186. The molecule has 0 saturated carbocycles. The van der Waals surface area contributed by atoms with E-state index in [0.29, 0.717) is 0 Å². The molecule has 0 aliphatic carbocycles. The zero-order chi connectivity index (χ0) is 14.4. The lowest BCUT2D eigenvalue weighted by molar-refractivity contribution is -0.890. The van der Waals surface area contributed by atoms with Crippen LogP contribution in [0.4, 0.5) is 0 Å². The number of alkyl halides is 1. The molecule has 0 aromatic heterocycles. The van der Waals surface area contributed by atoms with Crippen LogP contribution >= 0.6 is 11.6 Å². The first-order chi connectivity index (χ1) is 9.12. The second-order valence-corrected chi connectivity index (χ2v) is 6.99. The fraction of sp³-hybridized carbons (Fsp3) is 1.00. The van der Waals surface area contributed by atoms with E-state index in [1.165, 1.54) is 88.2 Å². The van der Waals surface area contributed by atoms with Crippen molar-refractivity contribution in [2.24, 2.45) is 0 Å². The number of hydrogen-bond donors (Lipinski definition) is 0. The van der Waals surface area contributed by atoms with Crippen LogP contribution in [0.2, 0.25) is 0 Å². The number of halogens is 2. The molecule has 0 aliphatic heterocycles. The average Bonchev–Trinajstić information content (AvgIpc) is 2.37. The van der Waals surface area contributed by atoms with E-state index in [2.05, 4.69) is 21.0 Å². The summed E-state index contributed by atoms with van der Waals surface area (Å²) < 4.78 is 1.17. The van der Waals surface area contributed by atoms with Gasteiger partial charge in [0.1, 0.15) is 0 Å². The predicted octanol–water partition coefficient (Wildman–Crippen LogP) is 2.62. The maximum absolute atomic E-state index is 5.73. The Morgan fingerprint density at radius 3 is 1.50 bits per heavy atom. The topological polar surface area (TPSA) is 0 Å². The zero-order valence-corrected chi connectivity index (χ0v) is 17.0. The number of nitrogens with zero attached hydrogens (tertiary/aromatic N) is 1. The van der Waals surface area contributed by atoms with Crippen molar-refractivity contribution in [1.82, 2.24) is 0 Å². The molecule has 0 spiro atoms. The van der Waals surface area contributed by atoms with Gasteiger partial charge in [0, 0.05) is 5.88 Å². The quantitative estimate of drug-likeness (QED) is 0.176. The summed E-state index contributed by atoms with van der Waals surface area (Å²) in [6.07, 6.45) is 15.3. The van der Waals surface area contributed by atoms with Crippen molar-refractivity contribution in [2.75, 3.05) is 33.1 Å². The molecule has 0 atom stereocenters. The van der Waals surface area contributed by atoms with E-state index < -0.39 is 0 Å². The smallest absolute Gasteiger partial charge is 0.0782 e. The highest BCUT2D eigenvalue weighted by Crippen LogP contribution is 2.11. The molecule has 1 nitrogen and oxygen atoms in total. The Labute approximate surface area is 150 Å². The number of rotatable bonds is 14. The molecule has 0 aliphatic rings. The van der Waals surface area contributed by atoms with Gasteiger partial charge in [-0.2, -0.15) is 0 Å². The summed E-state index contributed by atoms with van der Waals surface area (Å²) in [6.45, 7) is 4.90. The first-order valence-corrected chi connectivity index (χ1v) is 9.04. The van der Waals surface area contributed by atoms with Gasteiger partial charge >= 0.3 is 0 Å². The van der Waals surface area contributed by atoms with Crippen LogP contribution in [-0.2, 0) is 0 Å². The summed E-state index contributed by atoms with van der Waals surface area (Å²) in [4.78, 5) is 0. The van der Waals surface area contributed by atoms with E-state index in [4.69, 9.17) is 11.6 Å². The third-order valence-electron chi connectivity index (χ3n) is 4.01. The van der Waals surface area contributed by atoms with Gasteiger partial charge in [0.15, 0.2) is 0 Å². The molecule has 0 rings (SSSR count). The summed E-state index contributed by atoms with van der Waals surface area (Å²) >= 11 is 5.73. The Morgan fingerprint density at radius 2 is 1.05 bits per heavy atom. The van der Waals surface area contributed by atoms with Crippen LogP contribution < -0.4 is 24.0 Å². The fourth-order valence-electron chi connectivity index (χ4n) is 2.60. The minimum Gasteiger partial charge on any atom is -1.00 e. The molecule has 0 radical (unpaired) electrons. The fourth-order valence-corrected chi connectivity index (χ4v) is 2.79. The minimum atomic E-state index is 0. The monoisotopic (exact) mass is 417 g/mol. The van der Waals surface area contributed by atoms with E-state index >= 15 is 0 Å². The molecule has 0 unspecified atom stereocenters. The molecule has 124 valence electrons. The number of quaternary nitrogens is 1. The van der Waals surface area contributed by atoms with Gasteiger partial charge < -0.3 is 28.5 Å². The van der Waals surface area contributed by atoms with Crippen molar-refractivity contribution < 1.29 is 28.5 Å². The Kier molecular flexibility index (Phi) is 19.0. The van der Waals surface area contributed by atoms with E-state index in [1.807, 2.05) is 0 Å². The second kappa shape index (κ2) is 16.4. The Hall–Kier alpha value is 0.980. The maximum atomic E-state index is 5.73. The van der Waals surface area contributed by atoms with Crippen molar-refractivity contribution in [1.29, 1.82) is 0 Å². The lowest BCUT2D eigenvalue weighted by Gasteiger charge is -2.29. The van der Waals surface area contributed by atoms with Gasteiger partial charge in [-0.3, -0.25) is 0 Å². The van der Waals surface area contributed by atoms with E-state index in [1.54, 1.807) is 0 Å². The van der Waals surface area contributed by atoms with Crippen LogP contribution in [0.3, 0.4) is 0 Å². The van der Waals surface area contributed by atoms with Gasteiger partial charge in [-0.25, -0.2) is 0 Å². The Balaban J connectivity index is 0. The first kappa shape index (κ1) is 23.2. The van der Waals surface area contributed by atoms with Crippen LogP contribution in [0, 0.1) is 0 Å². The van der Waals surface area contributed by atoms with Crippen LogP contribution in [0.5, 0.6) is 0 Å². The highest BCUT2D eigenvalue weighted by atomic mass is 127. The summed E-state index contributed by atoms with van der Waals surface area (Å²) in [6, 6.07) is 0. The molecule has 0 saturated heterocycles. The van der Waals surface area contributed by atoms with E-state index in [9.17, 15) is 0 Å². The van der Waals surface area contributed by atoms with E-state index in [0.717, 1.165) is 5.88 Å². The highest BCUT2D eigenvalue weighted by Gasteiger charge is 2.13. The number of hydrogen-bond acceptors (Lipinski definition) is 0. The summed E-state index contributed by atoms with van der Waals surface area (Å²) in [5.74, 6) is 0.817. The summed E-state index contributed by atoms with van der Waals surface area (Å²) in [7, 11) is 4.72. The minimum absolute atomic E-state index is 0. The molecule has 0 aromatic carbocycles. The first-order valence-electron chi connectivity index (χ1n) is 8.50. The highest BCUT2D eigenvalue weighted by molar-refractivity contribution is 6.17. The maximum Gasteiger partial charge on any atom is 0.0782 e. The van der Waals surface area contributed by atoms with Crippen molar-refractivity contribution >= 4 is 11.6 Å². The van der Waals surface area contributed by atoms with Crippen molar-refractivity contribution in [3.8, 4) is 0 Å². The van der Waals surface area contributed by atoms with Gasteiger partial charge in [0.25, 0.3) is 0 Å². The lowest BCUT2D eigenvalue weighted by Crippen LogP contribution is -3.00. The van der Waals surface area contributed by atoms with E-state index in [-0.39, 0.29) is 24.0 Å². The normalized spacial score (nSPS) is 11.4. The van der Waals surface area contributed by atoms with Gasteiger partial charge in [-0.15, -0.1) is 11.6 Å². The van der Waals surface area contributed by atoms with Gasteiger partial charge in [0.05, 0.1) is 27.2 Å². The van der Waals surface area contributed by atoms with Gasteiger partial charge in [-0.05, 0) is 25.7 Å². The van der Waals surface area contributed by atoms with Crippen molar-refractivity contribution in [3.63, 3.8) is 0 Å². The van der Waals surface area contributed by atoms with Gasteiger partial charge in [0.2, 0.25) is 0 Å². The zero-order valence-electron chi connectivity index (χ0n) is 14.1. The van der Waals surface area contributed by atoms with Crippen LogP contribution in [0.1, 0.15) is 77.6 Å². The third-order valence-corrected chi connectivity index (χ3v) is 4.28. The van der Waals surface area contributed by atoms with Crippen LogP contribution in [0.25, 0.3) is 0 Å². The molecule has 20 heavy (non-hydrogen) atoms. The second-order valence-electron chi connectivity index (χ2n) is 6.61. The van der Waals surface area contributed by atoms with Crippen LogP contribution in [0.15, 0.2) is 0 Å². The standard InChI is InChI=1S/C17H37ClN.HI/c1-4-5-6-7-8-9-10-11-13-16-19(2,3)17-14-12-15-18;/h4-17H2,1-3H3;1H/q+1;/p-1. The average molecular weight is 418 g/mol. The predicted molar refractivity (Wildman–Crippen MR) is 89.0 cm³/mol. The molecule has 0 amide bonds. The Morgan fingerprint density at radius 1 is 0.650 bits per heavy atom. The molecular weight excluding hydrogens is 381 g/mol. The molecule has 0 fully saturated rings. The third kappa shape index (κ3) is 17.0. The summed E-state index contributed by atoms with van der Waals surface area (Å²) in [5, 5.41) is 0. The van der Waals surface area contributed by atoms with Crippen LogP contribution in [-0.4, -0.2) is 37.5 Å². The molecule has 0 aromatic rings.